The van der Waals surface area contributed by atoms with Crippen LogP contribution in [0.3, 0.4) is 0 Å². The first-order valence-corrected chi connectivity index (χ1v) is 5.67. The Hall–Kier alpha value is -1.63. The normalized spacial score (nSPS) is 15.7. The lowest BCUT2D eigenvalue weighted by Gasteiger charge is -2.14. The predicted molar refractivity (Wildman–Crippen MR) is 61.5 cm³/mol. The molecule has 1 aliphatic rings. The zero-order chi connectivity index (χ0) is 13.3. The Labute approximate surface area is 103 Å². The Kier molecular flexibility index (Phi) is 3.25. The topological polar surface area (TPSA) is 80.3 Å². The van der Waals surface area contributed by atoms with Gasteiger partial charge in [0.05, 0.1) is 12.2 Å². The number of halogens is 2. The van der Waals surface area contributed by atoms with E-state index in [2.05, 4.69) is 5.32 Å². The van der Waals surface area contributed by atoms with Crippen LogP contribution in [0.15, 0.2) is 12.3 Å². The Morgan fingerprint density at radius 2 is 2.28 bits per heavy atom. The Balaban J connectivity index is 2.04. The maximum atomic E-state index is 12.8. The van der Waals surface area contributed by atoms with Gasteiger partial charge in [-0.2, -0.15) is 0 Å². The molecule has 1 heterocycles. The van der Waals surface area contributed by atoms with Crippen molar-refractivity contribution in [1.82, 2.24) is 9.88 Å². The molecule has 18 heavy (non-hydrogen) atoms. The van der Waals surface area contributed by atoms with Crippen molar-refractivity contribution in [3.63, 3.8) is 0 Å². The summed E-state index contributed by atoms with van der Waals surface area (Å²) in [6.45, 7) is -2.18. The van der Waals surface area contributed by atoms with Gasteiger partial charge in [-0.3, -0.25) is 4.79 Å². The monoisotopic (exact) mass is 259 g/mol. The van der Waals surface area contributed by atoms with Crippen molar-refractivity contribution in [2.24, 2.45) is 0 Å². The molecular weight excluding hydrogens is 244 g/mol. The molecule has 0 saturated heterocycles. The van der Waals surface area contributed by atoms with Crippen molar-refractivity contribution < 1.29 is 18.7 Å². The van der Waals surface area contributed by atoms with Crippen molar-refractivity contribution in [1.29, 1.82) is 0 Å². The van der Waals surface area contributed by atoms with Crippen LogP contribution in [0.4, 0.5) is 14.5 Å². The first-order valence-electron chi connectivity index (χ1n) is 5.67. The molecule has 100 valence electrons. The number of nitrogens with two attached hydrogens (primary N) is 1. The van der Waals surface area contributed by atoms with E-state index in [0.29, 0.717) is 5.69 Å². The molecular formula is C11H15F2N3O2. The fraction of sp³-hybridized carbons (Fsp3) is 0.545. The molecule has 0 atom stereocenters. The number of hydrogen-bond acceptors (Lipinski definition) is 3. The molecule has 0 aliphatic heterocycles. The Morgan fingerprint density at radius 1 is 1.61 bits per heavy atom. The largest absolute Gasteiger partial charge is 0.397 e. The number of aliphatic hydroxyl groups excluding tert-OH is 1. The molecule has 1 aliphatic carbocycles. The van der Waals surface area contributed by atoms with E-state index < -0.39 is 25.0 Å². The zero-order valence-corrected chi connectivity index (χ0v) is 9.70. The maximum Gasteiger partial charge on any atom is 0.287 e. The summed E-state index contributed by atoms with van der Waals surface area (Å²) in [7, 11) is 0. The van der Waals surface area contributed by atoms with Crippen molar-refractivity contribution in [2.75, 3.05) is 18.9 Å². The number of aromatic nitrogens is 1. The van der Waals surface area contributed by atoms with Gasteiger partial charge in [0.15, 0.2) is 0 Å². The van der Waals surface area contributed by atoms with Gasteiger partial charge in [-0.1, -0.05) is 0 Å². The number of alkyl halides is 2. The molecule has 1 saturated carbocycles. The first kappa shape index (κ1) is 12.8. The van der Waals surface area contributed by atoms with Gasteiger partial charge >= 0.3 is 0 Å². The van der Waals surface area contributed by atoms with E-state index in [4.69, 9.17) is 10.8 Å². The van der Waals surface area contributed by atoms with Crippen molar-refractivity contribution in [3.8, 4) is 0 Å². The third-order valence-corrected chi connectivity index (χ3v) is 2.78. The van der Waals surface area contributed by atoms with Gasteiger partial charge in [0.25, 0.3) is 11.8 Å². The number of carbonyl (C=O) groups excluding carboxylic acids is 1. The molecule has 0 aromatic carbocycles. The molecule has 0 radical (unpaired) electrons. The minimum atomic E-state index is -3.31. The van der Waals surface area contributed by atoms with Crippen LogP contribution in [0.2, 0.25) is 0 Å². The minimum Gasteiger partial charge on any atom is -0.397 e. The summed E-state index contributed by atoms with van der Waals surface area (Å²) in [5.41, 5.74) is 6.31. The van der Waals surface area contributed by atoms with E-state index in [-0.39, 0.29) is 11.7 Å². The summed E-state index contributed by atoms with van der Waals surface area (Å²) in [6.07, 6.45) is 3.55. The number of nitrogens with one attached hydrogen (secondary N) is 1. The second-order valence-electron chi connectivity index (χ2n) is 4.49. The van der Waals surface area contributed by atoms with Crippen LogP contribution in [-0.2, 0) is 0 Å². The van der Waals surface area contributed by atoms with Crippen LogP contribution >= 0.6 is 0 Å². The molecule has 1 aromatic rings. The van der Waals surface area contributed by atoms with Gasteiger partial charge in [-0.05, 0) is 18.9 Å². The van der Waals surface area contributed by atoms with Gasteiger partial charge in [-0.15, -0.1) is 0 Å². The standard InChI is InChI=1S/C11H15F2N3O2/c12-11(13,6-17)5-15-10(18)9-3-7(14)4-16(9)8-1-2-8/h3-4,8,17H,1-2,5-6,14H2,(H,15,18). The molecule has 0 unspecified atom stereocenters. The van der Waals surface area contributed by atoms with E-state index in [9.17, 15) is 13.6 Å². The lowest BCUT2D eigenvalue weighted by molar-refractivity contribution is -0.0462. The van der Waals surface area contributed by atoms with Crippen LogP contribution in [-0.4, -0.2) is 34.7 Å². The average molecular weight is 259 g/mol. The van der Waals surface area contributed by atoms with Crippen LogP contribution < -0.4 is 11.1 Å². The lowest BCUT2D eigenvalue weighted by Crippen LogP contribution is -2.39. The number of rotatable bonds is 5. The molecule has 5 nitrogen and oxygen atoms in total. The van der Waals surface area contributed by atoms with Gasteiger partial charge < -0.3 is 20.7 Å². The van der Waals surface area contributed by atoms with Crippen LogP contribution in [0, 0.1) is 0 Å². The number of nitrogens with zero attached hydrogens (tertiary/aromatic N) is 1. The number of carbonyl (C=O) groups is 1. The summed E-state index contributed by atoms with van der Waals surface area (Å²) < 4.78 is 27.3. The van der Waals surface area contributed by atoms with E-state index in [1.54, 1.807) is 10.8 Å². The van der Waals surface area contributed by atoms with Gasteiger partial charge in [0, 0.05) is 12.2 Å². The smallest absolute Gasteiger partial charge is 0.287 e. The Bertz CT molecular complexity index is 455. The lowest BCUT2D eigenvalue weighted by atomic mass is 10.3. The average Bonchev–Trinajstić information content (AvgIpc) is 3.09. The molecule has 1 aromatic heterocycles. The van der Waals surface area contributed by atoms with E-state index in [1.807, 2.05) is 0 Å². The quantitative estimate of drug-likeness (QED) is 0.730. The number of amides is 1. The summed E-state index contributed by atoms with van der Waals surface area (Å²) in [5, 5.41) is 10.5. The van der Waals surface area contributed by atoms with Crippen LogP contribution in [0.25, 0.3) is 0 Å². The highest BCUT2D eigenvalue weighted by atomic mass is 19.3. The highest BCUT2D eigenvalue weighted by molar-refractivity contribution is 5.94. The fourth-order valence-electron chi connectivity index (χ4n) is 1.69. The second kappa shape index (κ2) is 4.56. The minimum absolute atomic E-state index is 0.237. The molecule has 1 fully saturated rings. The number of aliphatic hydroxyl groups is 1. The van der Waals surface area contributed by atoms with Crippen molar-refractivity contribution >= 4 is 11.6 Å². The molecule has 4 N–H and O–H groups in total. The van der Waals surface area contributed by atoms with Gasteiger partial charge in [0.1, 0.15) is 12.3 Å². The summed E-state index contributed by atoms with van der Waals surface area (Å²) in [4.78, 5) is 11.8. The molecule has 0 bridgehead atoms. The van der Waals surface area contributed by atoms with E-state index >= 15 is 0 Å². The third-order valence-electron chi connectivity index (χ3n) is 2.78. The SMILES string of the molecule is Nc1cc(C(=O)NCC(F)(F)CO)n(C2CC2)c1. The van der Waals surface area contributed by atoms with E-state index in [1.165, 1.54) is 6.07 Å². The van der Waals surface area contributed by atoms with Crippen molar-refractivity contribution in [3.05, 3.63) is 18.0 Å². The summed E-state index contributed by atoms with van der Waals surface area (Å²) >= 11 is 0. The van der Waals surface area contributed by atoms with Gasteiger partial charge in [0.2, 0.25) is 0 Å². The predicted octanol–water partition coefficient (Wildman–Crippen LogP) is 0.763. The third kappa shape index (κ3) is 2.79. The second-order valence-corrected chi connectivity index (χ2v) is 4.49. The first-order chi connectivity index (χ1) is 8.43. The van der Waals surface area contributed by atoms with Gasteiger partial charge in [-0.25, -0.2) is 8.78 Å². The van der Waals surface area contributed by atoms with Crippen LogP contribution in [0.1, 0.15) is 29.4 Å². The van der Waals surface area contributed by atoms with Crippen LogP contribution in [0.5, 0.6) is 0 Å². The summed E-state index contributed by atoms with van der Waals surface area (Å²) in [6, 6.07) is 1.70. The highest BCUT2D eigenvalue weighted by Gasteiger charge is 2.31. The number of anilines is 1. The number of nitrogen functional groups attached to an aromatic ring is 1. The fourth-order valence-corrected chi connectivity index (χ4v) is 1.69. The van der Waals surface area contributed by atoms with Crippen molar-refractivity contribution in [2.45, 2.75) is 24.8 Å². The molecule has 0 spiro atoms. The number of hydrogen-bond donors (Lipinski definition) is 3. The summed E-state index contributed by atoms with van der Waals surface area (Å²) in [5.74, 6) is -3.91. The Morgan fingerprint density at radius 3 is 2.83 bits per heavy atom. The highest BCUT2D eigenvalue weighted by Crippen LogP contribution is 2.37. The van der Waals surface area contributed by atoms with E-state index in [0.717, 1.165) is 12.8 Å². The molecule has 7 heteroatoms. The zero-order valence-electron chi connectivity index (χ0n) is 9.70. The molecule has 2 rings (SSSR count). The molecule has 1 amide bonds. The maximum absolute atomic E-state index is 12.8.